The highest BCUT2D eigenvalue weighted by Gasteiger charge is 2.18. The number of carbonyl (C=O) groups excluding carboxylic acids is 3. The Morgan fingerprint density at radius 2 is 1.70 bits per heavy atom. The summed E-state index contributed by atoms with van der Waals surface area (Å²) < 4.78 is 17.7. The first-order valence-electron chi connectivity index (χ1n) is 8.49. The van der Waals surface area contributed by atoms with Crippen molar-refractivity contribution in [3.63, 3.8) is 0 Å². The van der Waals surface area contributed by atoms with Gasteiger partial charge in [-0.15, -0.1) is 0 Å². The van der Waals surface area contributed by atoms with Gasteiger partial charge in [0.05, 0.1) is 0 Å². The second-order valence-corrected chi connectivity index (χ2v) is 5.90. The average molecular weight is 372 g/mol. The van der Waals surface area contributed by atoms with E-state index < -0.39 is 30.4 Å². The predicted octanol–water partition coefficient (Wildman–Crippen LogP) is 1.85. The molecule has 2 N–H and O–H groups in total. The number of benzene rings is 2. The van der Waals surface area contributed by atoms with Crippen LogP contribution in [0.4, 0.5) is 4.39 Å². The third-order valence-corrected chi connectivity index (χ3v) is 3.73. The Bertz CT molecular complexity index is 778. The summed E-state index contributed by atoms with van der Waals surface area (Å²) in [6.07, 6.45) is 0.531. The second-order valence-electron chi connectivity index (χ2n) is 5.90. The van der Waals surface area contributed by atoms with E-state index in [9.17, 15) is 18.8 Å². The van der Waals surface area contributed by atoms with Crippen LogP contribution in [0.15, 0.2) is 54.6 Å². The number of ether oxygens (including phenoxy) is 1. The van der Waals surface area contributed by atoms with Gasteiger partial charge in [-0.3, -0.25) is 9.59 Å². The molecule has 0 spiro atoms. The zero-order valence-corrected chi connectivity index (χ0v) is 14.9. The first kappa shape index (κ1) is 20.1. The summed E-state index contributed by atoms with van der Waals surface area (Å²) >= 11 is 0. The van der Waals surface area contributed by atoms with Crippen LogP contribution in [0.5, 0.6) is 0 Å². The van der Waals surface area contributed by atoms with Crippen molar-refractivity contribution < 1.29 is 23.5 Å². The summed E-state index contributed by atoms with van der Waals surface area (Å²) in [6, 6.07) is 13.6. The van der Waals surface area contributed by atoms with Crippen molar-refractivity contribution in [2.45, 2.75) is 19.4 Å². The zero-order valence-electron chi connectivity index (χ0n) is 14.9. The van der Waals surface area contributed by atoms with Crippen LogP contribution in [0.1, 0.15) is 22.8 Å². The van der Waals surface area contributed by atoms with Crippen LogP contribution in [0.3, 0.4) is 0 Å². The molecule has 1 atom stereocenters. The topological polar surface area (TPSA) is 84.5 Å². The number of rotatable bonds is 8. The van der Waals surface area contributed by atoms with Gasteiger partial charge in [-0.25, -0.2) is 9.18 Å². The van der Waals surface area contributed by atoms with Crippen LogP contribution in [0, 0.1) is 5.82 Å². The van der Waals surface area contributed by atoms with E-state index in [1.807, 2.05) is 0 Å². The molecule has 0 fully saturated rings. The fraction of sp³-hybridized carbons (Fsp3) is 0.250. The van der Waals surface area contributed by atoms with Crippen LogP contribution in [-0.4, -0.2) is 37.0 Å². The van der Waals surface area contributed by atoms with E-state index in [4.69, 9.17) is 4.74 Å². The van der Waals surface area contributed by atoms with Crippen molar-refractivity contribution in [3.8, 4) is 0 Å². The quantitative estimate of drug-likeness (QED) is 0.693. The van der Waals surface area contributed by atoms with Gasteiger partial charge in [0.1, 0.15) is 11.9 Å². The van der Waals surface area contributed by atoms with E-state index in [0.29, 0.717) is 18.5 Å². The highest BCUT2D eigenvalue weighted by Crippen LogP contribution is 2.03. The van der Waals surface area contributed by atoms with Gasteiger partial charge in [0.2, 0.25) is 0 Å². The Morgan fingerprint density at radius 3 is 2.37 bits per heavy atom. The van der Waals surface area contributed by atoms with Crippen molar-refractivity contribution in [1.29, 1.82) is 0 Å². The minimum atomic E-state index is -0.885. The number of halogens is 1. The number of hydrogen-bond donors (Lipinski definition) is 2. The number of amides is 2. The van der Waals surface area contributed by atoms with Gasteiger partial charge in [-0.05, 0) is 43.2 Å². The molecule has 0 radical (unpaired) electrons. The minimum Gasteiger partial charge on any atom is -0.454 e. The molecule has 27 heavy (non-hydrogen) atoms. The van der Waals surface area contributed by atoms with Gasteiger partial charge in [0, 0.05) is 12.1 Å². The van der Waals surface area contributed by atoms with E-state index >= 15 is 0 Å². The highest BCUT2D eigenvalue weighted by molar-refractivity contribution is 5.96. The Balaban J connectivity index is 1.67. The van der Waals surface area contributed by atoms with E-state index in [2.05, 4.69) is 10.6 Å². The standard InChI is InChI=1S/C20H21FN2O4/c1-14(23-19(25)16-5-3-2-4-6-16)20(26)27-13-18(24)22-12-11-15-7-9-17(21)10-8-15/h2-10,14H,11-13H2,1H3,(H,22,24)(H,23,25)/t14-/m0/s1. The number of hydrogen-bond acceptors (Lipinski definition) is 4. The molecule has 2 rings (SSSR count). The Kier molecular flexibility index (Phi) is 7.49. The molecule has 0 aromatic heterocycles. The number of carbonyl (C=O) groups is 3. The van der Waals surface area contributed by atoms with Crippen LogP contribution in [0.2, 0.25) is 0 Å². The Labute approximate surface area is 156 Å². The summed E-state index contributed by atoms with van der Waals surface area (Å²) in [7, 11) is 0. The lowest BCUT2D eigenvalue weighted by Crippen LogP contribution is -2.41. The third kappa shape index (κ3) is 6.89. The van der Waals surface area contributed by atoms with E-state index in [-0.39, 0.29) is 5.82 Å². The van der Waals surface area contributed by atoms with Crippen molar-refractivity contribution in [3.05, 3.63) is 71.5 Å². The predicted molar refractivity (Wildman–Crippen MR) is 97.4 cm³/mol. The Hall–Kier alpha value is -3.22. The molecular formula is C20H21FN2O4. The maximum atomic E-state index is 12.8. The van der Waals surface area contributed by atoms with Gasteiger partial charge in [0.15, 0.2) is 6.61 Å². The van der Waals surface area contributed by atoms with Crippen LogP contribution in [-0.2, 0) is 20.7 Å². The largest absolute Gasteiger partial charge is 0.454 e. The maximum Gasteiger partial charge on any atom is 0.328 e. The molecule has 6 nitrogen and oxygen atoms in total. The van der Waals surface area contributed by atoms with Gasteiger partial charge >= 0.3 is 5.97 Å². The van der Waals surface area contributed by atoms with Crippen molar-refractivity contribution in [1.82, 2.24) is 10.6 Å². The summed E-state index contributed by atoms with van der Waals surface area (Å²) in [5, 5.41) is 5.12. The molecule has 2 aromatic carbocycles. The average Bonchev–Trinajstić information content (AvgIpc) is 2.68. The van der Waals surface area contributed by atoms with Gasteiger partial charge in [0.25, 0.3) is 11.8 Å². The molecule has 0 aliphatic rings. The van der Waals surface area contributed by atoms with E-state index in [1.54, 1.807) is 42.5 Å². The van der Waals surface area contributed by atoms with Crippen molar-refractivity contribution in [2.24, 2.45) is 0 Å². The summed E-state index contributed by atoms with van der Waals surface area (Å²) in [6.45, 7) is 1.38. The molecule has 0 aliphatic carbocycles. The highest BCUT2D eigenvalue weighted by atomic mass is 19.1. The van der Waals surface area contributed by atoms with Crippen LogP contribution in [0.25, 0.3) is 0 Å². The summed E-state index contributed by atoms with van der Waals surface area (Å²) in [5.74, 6) is -1.87. The molecular weight excluding hydrogens is 351 g/mol. The molecule has 142 valence electrons. The van der Waals surface area contributed by atoms with Gasteiger partial charge in [-0.1, -0.05) is 30.3 Å². The lowest BCUT2D eigenvalue weighted by Gasteiger charge is -2.13. The number of esters is 1. The molecule has 0 bridgehead atoms. The first-order chi connectivity index (χ1) is 13.0. The van der Waals surface area contributed by atoms with E-state index in [0.717, 1.165) is 5.56 Å². The van der Waals surface area contributed by atoms with Crippen molar-refractivity contribution >= 4 is 17.8 Å². The molecule has 0 aliphatic heterocycles. The lowest BCUT2D eigenvalue weighted by atomic mass is 10.1. The first-order valence-corrected chi connectivity index (χ1v) is 8.49. The molecule has 2 aromatic rings. The van der Waals surface area contributed by atoms with Gasteiger partial charge < -0.3 is 15.4 Å². The molecule has 0 saturated heterocycles. The lowest BCUT2D eigenvalue weighted by molar-refractivity contribution is -0.150. The fourth-order valence-corrected chi connectivity index (χ4v) is 2.24. The van der Waals surface area contributed by atoms with Gasteiger partial charge in [-0.2, -0.15) is 0 Å². The van der Waals surface area contributed by atoms with Crippen LogP contribution >= 0.6 is 0 Å². The third-order valence-electron chi connectivity index (χ3n) is 3.73. The molecule has 0 unspecified atom stereocenters. The van der Waals surface area contributed by atoms with Crippen molar-refractivity contribution in [2.75, 3.05) is 13.2 Å². The SMILES string of the molecule is C[C@H](NC(=O)c1ccccc1)C(=O)OCC(=O)NCCc1ccc(F)cc1. The molecule has 0 heterocycles. The smallest absolute Gasteiger partial charge is 0.328 e. The Morgan fingerprint density at radius 1 is 1.04 bits per heavy atom. The summed E-state index contributed by atoms with van der Waals surface area (Å²) in [5.41, 5.74) is 1.31. The maximum absolute atomic E-state index is 12.8. The monoisotopic (exact) mass is 372 g/mol. The molecule has 7 heteroatoms. The number of nitrogens with one attached hydrogen (secondary N) is 2. The van der Waals surface area contributed by atoms with E-state index in [1.165, 1.54) is 19.1 Å². The van der Waals surface area contributed by atoms with Crippen LogP contribution < -0.4 is 10.6 Å². The summed E-state index contributed by atoms with van der Waals surface area (Å²) in [4.78, 5) is 35.6. The molecule has 2 amide bonds. The normalized spacial score (nSPS) is 11.3. The fourth-order valence-electron chi connectivity index (χ4n) is 2.24. The second kappa shape index (κ2) is 10.1. The zero-order chi connectivity index (χ0) is 19.6. The minimum absolute atomic E-state index is 0.317. The molecule has 0 saturated carbocycles.